The molecule has 0 spiro atoms. The van der Waals surface area contributed by atoms with E-state index in [1.54, 1.807) is 48.2 Å². The second kappa shape index (κ2) is 9.08. The molecule has 1 aliphatic rings. The predicted molar refractivity (Wildman–Crippen MR) is 110 cm³/mol. The highest BCUT2D eigenvalue weighted by atomic mass is 16.2. The molecule has 1 aromatic carbocycles. The Bertz CT molecular complexity index is 705. The fourth-order valence-electron chi connectivity index (χ4n) is 3.07. The smallest absolute Gasteiger partial charge is 0.321 e. The van der Waals surface area contributed by atoms with Crippen molar-refractivity contribution < 1.29 is 14.4 Å². The third kappa shape index (κ3) is 5.71. The molecule has 0 radical (unpaired) electrons. The maximum absolute atomic E-state index is 12.5. The Balaban J connectivity index is 1.88. The van der Waals surface area contributed by atoms with Crippen LogP contribution in [0.1, 0.15) is 50.4 Å². The van der Waals surface area contributed by atoms with Gasteiger partial charge in [0.05, 0.1) is 0 Å². The standard InChI is InChI=1S/C21H32N4O3/c1-6-21(2,3)23-18(26)15-7-9-17(10-8-15)22-20(28)25-13-11-16(12-14-25)19(27)24(4)5/h7-10,16H,6,11-14H2,1-5H3,(H,22,28)(H,23,26). The molecule has 1 aliphatic heterocycles. The van der Waals surface area contributed by atoms with E-state index in [0.29, 0.717) is 37.2 Å². The fourth-order valence-corrected chi connectivity index (χ4v) is 3.07. The van der Waals surface area contributed by atoms with Crippen molar-refractivity contribution >= 4 is 23.5 Å². The number of hydrogen-bond acceptors (Lipinski definition) is 3. The molecular formula is C21H32N4O3. The van der Waals surface area contributed by atoms with Crippen molar-refractivity contribution in [3.05, 3.63) is 29.8 Å². The number of nitrogens with one attached hydrogen (secondary N) is 2. The number of benzene rings is 1. The van der Waals surface area contributed by atoms with Crippen LogP contribution in [0, 0.1) is 5.92 Å². The molecule has 2 rings (SSSR count). The molecule has 7 heteroatoms. The van der Waals surface area contributed by atoms with Crippen LogP contribution >= 0.6 is 0 Å². The van der Waals surface area contributed by atoms with E-state index < -0.39 is 0 Å². The summed E-state index contributed by atoms with van der Waals surface area (Å²) in [6.07, 6.45) is 2.19. The van der Waals surface area contributed by atoms with Gasteiger partial charge in [-0.15, -0.1) is 0 Å². The molecule has 1 aromatic rings. The van der Waals surface area contributed by atoms with Crippen molar-refractivity contribution in [2.45, 2.75) is 45.6 Å². The number of carbonyl (C=O) groups is 3. The lowest BCUT2D eigenvalue weighted by atomic mass is 9.96. The van der Waals surface area contributed by atoms with Crippen molar-refractivity contribution in [1.29, 1.82) is 0 Å². The molecule has 0 atom stereocenters. The van der Waals surface area contributed by atoms with E-state index in [9.17, 15) is 14.4 Å². The summed E-state index contributed by atoms with van der Waals surface area (Å²) in [6, 6.07) is 6.69. The summed E-state index contributed by atoms with van der Waals surface area (Å²) >= 11 is 0. The Kier molecular flexibility index (Phi) is 7.05. The van der Waals surface area contributed by atoms with Gasteiger partial charge in [0, 0.05) is 49.9 Å². The Morgan fingerprint density at radius 2 is 1.68 bits per heavy atom. The summed E-state index contributed by atoms with van der Waals surface area (Å²) in [6.45, 7) is 7.10. The third-order valence-corrected chi connectivity index (χ3v) is 5.31. The van der Waals surface area contributed by atoms with Crippen LogP contribution in [0.5, 0.6) is 0 Å². The van der Waals surface area contributed by atoms with Gasteiger partial charge in [0.1, 0.15) is 0 Å². The zero-order valence-electron chi connectivity index (χ0n) is 17.5. The van der Waals surface area contributed by atoms with Crippen molar-refractivity contribution in [2.75, 3.05) is 32.5 Å². The first-order valence-corrected chi connectivity index (χ1v) is 9.82. The topological polar surface area (TPSA) is 81.8 Å². The van der Waals surface area contributed by atoms with Gasteiger partial charge in [-0.05, 0) is 57.4 Å². The molecule has 1 fully saturated rings. The minimum absolute atomic E-state index is 0.00998. The maximum atomic E-state index is 12.5. The molecular weight excluding hydrogens is 356 g/mol. The highest BCUT2D eigenvalue weighted by Gasteiger charge is 2.28. The summed E-state index contributed by atoms with van der Waals surface area (Å²) in [7, 11) is 3.52. The van der Waals surface area contributed by atoms with Crippen LogP contribution in [0.25, 0.3) is 0 Å². The first-order valence-electron chi connectivity index (χ1n) is 9.82. The first-order chi connectivity index (χ1) is 13.1. The van der Waals surface area contributed by atoms with Crippen molar-refractivity contribution in [3.8, 4) is 0 Å². The van der Waals surface area contributed by atoms with Crippen LogP contribution < -0.4 is 10.6 Å². The van der Waals surface area contributed by atoms with Gasteiger partial charge in [-0.1, -0.05) is 6.92 Å². The lowest BCUT2D eigenvalue weighted by Crippen LogP contribution is -2.44. The summed E-state index contributed by atoms with van der Waals surface area (Å²) in [4.78, 5) is 40.1. The van der Waals surface area contributed by atoms with E-state index >= 15 is 0 Å². The van der Waals surface area contributed by atoms with E-state index in [1.807, 2.05) is 20.8 Å². The second-order valence-corrected chi connectivity index (χ2v) is 8.19. The molecule has 4 amide bonds. The number of anilines is 1. The van der Waals surface area contributed by atoms with Crippen molar-refractivity contribution in [3.63, 3.8) is 0 Å². The van der Waals surface area contributed by atoms with E-state index in [2.05, 4.69) is 10.6 Å². The molecule has 0 aliphatic carbocycles. The molecule has 0 unspecified atom stereocenters. The minimum Gasteiger partial charge on any atom is -0.349 e. The number of nitrogens with zero attached hydrogens (tertiary/aromatic N) is 2. The van der Waals surface area contributed by atoms with Gasteiger partial charge in [0.2, 0.25) is 5.91 Å². The Labute approximate surface area is 167 Å². The number of likely N-dealkylation sites (tertiary alicyclic amines) is 1. The van der Waals surface area contributed by atoms with Crippen LogP contribution in [-0.2, 0) is 4.79 Å². The lowest BCUT2D eigenvalue weighted by molar-refractivity contribution is -0.134. The summed E-state index contributed by atoms with van der Waals surface area (Å²) in [5.74, 6) is -0.0123. The summed E-state index contributed by atoms with van der Waals surface area (Å²) in [5.41, 5.74) is 0.940. The maximum Gasteiger partial charge on any atom is 0.321 e. The molecule has 0 saturated carbocycles. The van der Waals surface area contributed by atoms with Crippen LogP contribution in [0.2, 0.25) is 0 Å². The zero-order valence-corrected chi connectivity index (χ0v) is 17.5. The molecule has 2 N–H and O–H groups in total. The van der Waals surface area contributed by atoms with Crippen molar-refractivity contribution in [2.24, 2.45) is 5.92 Å². The molecule has 28 heavy (non-hydrogen) atoms. The van der Waals surface area contributed by atoms with Crippen LogP contribution in [0.3, 0.4) is 0 Å². The number of rotatable bonds is 5. The number of amides is 4. The monoisotopic (exact) mass is 388 g/mol. The highest BCUT2D eigenvalue weighted by Crippen LogP contribution is 2.20. The number of carbonyl (C=O) groups excluding carboxylic acids is 3. The van der Waals surface area contributed by atoms with Gasteiger partial charge in [0.25, 0.3) is 5.91 Å². The van der Waals surface area contributed by atoms with Gasteiger partial charge in [-0.3, -0.25) is 9.59 Å². The Morgan fingerprint density at radius 1 is 1.11 bits per heavy atom. The summed E-state index contributed by atoms with van der Waals surface area (Å²) < 4.78 is 0. The second-order valence-electron chi connectivity index (χ2n) is 8.19. The normalized spacial score (nSPS) is 15.1. The zero-order chi connectivity index (χ0) is 20.9. The van der Waals surface area contributed by atoms with E-state index in [-0.39, 0.29) is 29.3 Å². The molecule has 1 saturated heterocycles. The van der Waals surface area contributed by atoms with Crippen LogP contribution in [0.15, 0.2) is 24.3 Å². The van der Waals surface area contributed by atoms with Gasteiger partial charge < -0.3 is 20.4 Å². The van der Waals surface area contributed by atoms with Gasteiger partial charge in [-0.25, -0.2) is 4.79 Å². The molecule has 0 bridgehead atoms. The summed E-state index contributed by atoms with van der Waals surface area (Å²) in [5, 5.41) is 5.85. The fraction of sp³-hybridized carbons (Fsp3) is 0.571. The van der Waals surface area contributed by atoms with Gasteiger partial charge in [0.15, 0.2) is 0 Å². The third-order valence-electron chi connectivity index (χ3n) is 5.31. The Morgan fingerprint density at radius 3 is 2.18 bits per heavy atom. The predicted octanol–water partition coefficient (Wildman–Crippen LogP) is 2.94. The lowest BCUT2D eigenvalue weighted by Gasteiger charge is -2.32. The highest BCUT2D eigenvalue weighted by molar-refractivity contribution is 5.96. The Hall–Kier alpha value is -2.57. The van der Waals surface area contributed by atoms with Crippen LogP contribution in [0.4, 0.5) is 10.5 Å². The molecule has 7 nitrogen and oxygen atoms in total. The number of piperidine rings is 1. The van der Waals surface area contributed by atoms with Gasteiger partial charge >= 0.3 is 6.03 Å². The average molecular weight is 389 g/mol. The van der Waals surface area contributed by atoms with E-state index in [4.69, 9.17) is 0 Å². The van der Waals surface area contributed by atoms with Gasteiger partial charge in [-0.2, -0.15) is 0 Å². The number of urea groups is 1. The van der Waals surface area contributed by atoms with E-state index in [1.165, 1.54) is 0 Å². The molecule has 0 aromatic heterocycles. The molecule has 154 valence electrons. The largest absolute Gasteiger partial charge is 0.349 e. The number of hydrogen-bond donors (Lipinski definition) is 2. The van der Waals surface area contributed by atoms with Crippen LogP contribution in [-0.4, -0.2) is 60.4 Å². The molecule has 1 heterocycles. The minimum atomic E-state index is -0.260. The van der Waals surface area contributed by atoms with E-state index in [0.717, 1.165) is 6.42 Å². The van der Waals surface area contributed by atoms with Crippen molar-refractivity contribution in [1.82, 2.24) is 15.1 Å². The SMILES string of the molecule is CCC(C)(C)NC(=O)c1ccc(NC(=O)N2CCC(C(=O)N(C)C)CC2)cc1. The average Bonchev–Trinajstić information content (AvgIpc) is 2.67. The first kappa shape index (κ1) is 21.7. The quantitative estimate of drug-likeness (QED) is 0.814.